The summed E-state index contributed by atoms with van der Waals surface area (Å²) in [5, 5.41) is 3.28. The lowest BCUT2D eigenvalue weighted by atomic mass is 10.2. The summed E-state index contributed by atoms with van der Waals surface area (Å²) in [6, 6.07) is 12.6. The number of benzene rings is 2. The Labute approximate surface area is 138 Å². The minimum absolute atomic E-state index is 0.147. The van der Waals surface area contributed by atoms with E-state index in [1.54, 1.807) is 12.1 Å². The van der Waals surface area contributed by atoms with E-state index in [1.165, 1.54) is 36.1 Å². The van der Waals surface area contributed by atoms with Gasteiger partial charge in [0, 0.05) is 24.2 Å². The van der Waals surface area contributed by atoms with Gasteiger partial charge in [0.2, 0.25) is 11.8 Å². The normalized spacial score (nSPS) is 10.2. The third-order valence-corrected chi connectivity index (χ3v) is 3.62. The molecule has 0 saturated heterocycles. The smallest absolute Gasteiger partial charge is 0.240 e. The molecule has 0 saturated carbocycles. The number of carbonyl (C=O) groups excluding carboxylic acids is 2. The molecule has 0 aliphatic rings. The molecule has 0 radical (unpaired) electrons. The molecule has 0 aliphatic carbocycles. The first-order chi connectivity index (χ1) is 11.0. The maximum Gasteiger partial charge on any atom is 0.240 e. The highest BCUT2D eigenvalue weighted by molar-refractivity contribution is 6.31. The first-order valence-electron chi connectivity index (χ1n) is 7.01. The molecule has 2 rings (SSSR count). The van der Waals surface area contributed by atoms with Crippen LogP contribution in [-0.4, -0.2) is 18.4 Å². The van der Waals surface area contributed by atoms with Crippen molar-refractivity contribution in [3.63, 3.8) is 0 Å². The molecule has 0 unspecified atom stereocenters. The largest absolute Gasteiger partial charge is 0.350 e. The Balaban J connectivity index is 2.00. The van der Waals surface area contributed by atoms with Crippen molar-refractivity contribution in [2.24, 2.45) is 0 Å². The zero-order valence-corrected chi connectivity index (χ0v) is 13.3. The minimum atomic E-state index is -0.402. The van der Waals surface area contributed by atoms with Crippen molar-refractivity contribution in [2.75, 3.05) is 11.4 Å². The van der Waals surface area contributed by atoms with E-state index in [4.69, 9.17) is 11.6 Å². The summed E-state index contributed by atoms with van der Waals surface area (Å²) in [7, 11) is 0. The van der Waals surface area contributed by atoms with Gasteiger partial charge < -0.3 is 10.2 Å². The number of anilines is 1. The molecule has 2 aromatic carbocycles. The Morgan fingerprint density at radius 1 is 1.13 bits per heavy atom. The molecular formula is C17H16ClFN2O2. The molecule has 0 aromatic heterocycles. The minimum Gasteiger partial charge on any atom is -0.350 e. The molecule has 2 amide bonds. The Bertz CT molecular complexity index is 704. The van der Waals surface area contributed by atoms with Gasteiger partial charge in [-0.1, -0.05) is 29.8 Å². The van der Waals surface area contributed by atoms with E-state index in [0.29, 0.717) is 10.7 Å². The number of nitrogens with zero attached hydrogens (tertiary/aromatic N) is 1. The SMILES string of the molecule is CC(=O)N(CC(=O)NCc1ccccc1Cl)c1ccc(F)cc1. The van der Waals surface area contributed by atoms with E-state index in [0.717, 1.165) is 5.56 Å². The second-order valence-electron chi connectivity index (χ2n) is 4.95. The topological polar surface area (TPSA) is 49.4 Å². The summed E-state index contributed by atoms with van der Waals surface area (Å²) in [5.74, 6) is -1.03. The fourth-order valence-corrected chi connectivity index (χ4v) is 2.24. The zero-order chi connectivity index (χ0) is 16.8. The fraction of sp³-hybridized carbons (Fsp3) is 0.176. The van der Waals surface area contributed by atoms with Crippen LogP contribution in [0.1, 0.15) is 12.5 Å². The molecule has 0 atom stereocenters. The third kappa shape index (κ3) is 4.79. The first kappa shape index (κ1) is 17.0. The van der Waals surface area contributed by atoms with Crippen LogP contribution < -0.4 is 10.2 Å². The molecule has 0 heterocycles. The molecule has 0 bridgehead atoms. The van der Waals surface area contributed by atoms with Crippen molar-refractivity contribution in [3.05, 3.63) is 64.9 Å². The van der Waals surface area contributed by atoms with E-state index >= 15 is 0 Å². The van der Waals surface area contributed by atoms with Crippen molar-refractivity contribution in [1.82, 2.24) is 5.32 Å². The van der Waals surface area contributed by atoms with Crippen LogP contribution in [0.25, 0.3) is 0 Å². The molecule has 0 aliphatic heterocycles. The van der Waals surface area contributed by atoms with E-state index in [2.05, 4.69) is 5.32 Å². The van der Waals surface area contributed by atoms with Crippen LogP contribution in [0.4, 0.5) is 10.1 Å². The van der Waals surface area contributed by atoms with Crippen LogP contribution in [0, 0.1) is 5.82 Å². The standard InChI is InChI=1S/C17H16ClFN2O2/c1-12(22)21(15-8-6-14(19)7-9-15)11-17(23)20-10-13-4-2-3-5-16(13)18/h2-9H,10-11H2,1H3,(H,20,23). The molecule has 120 valence electrons. The number of rotatable bonds is 5. The summed E-state index contributed by atoms with van der Waals surface area (Å²) in [4.78, 5) is 25.1. The summed E-state index contributed by atoms with van der Waals surface area (Å²) < 4.78 is 13.0. The predicted molar refractivity (Wildman–Crippen MR) is 87.7 cm³/mol. The van der Waals surface area contributed by atoms with E-state index in [-0.39, 0.29) is 24.9 Å². The second kappa shape index (κ2) is 7.74. The first-order valence-corrected chi connectivity index (χ1v) is 7.39. The van der Waals surface area contributed by atoms with Crippen molar-refractivity contribution in [3.8, 4) is 0 Å². The number of nitrogens with one attached hydrogen (secondary N) is 1. The van der Waals surface area contributed by atoms with Crippen LogP contribution in [0.5, 0.6) is 0 Å². The van der Waals surface area contributed by atoms with Gasteiger partial charge in [-0.2, -0.15) is 0 Å². The number of carbonyl (C=O) groups is 2. The Hall–Kier alpha value is -2.40. The van der Waals surface area contributed by atoms with Gasteiger partial charge in [-0.05, 0) is 35.9 Å². The molecule has 0 fully saturated rings. The van der Waals surface area contributed by atoms with Crippen molar-refractivity contribution >= 4 is 29.1 Å². The molecule has 23 heavy (non-hydrogen) atoms. The van der Waals surface area contributed by atoms with Gasteiger partial charge in [0.25, 0.3) is 0 Å². The van der Waals surface area contributed by atoms with Gasteiger partial charge in [0.1, 0.15) is 12.4 Å². The summed E-state index contributed by atoms with van der Waals surface area (Å²) in [6.45, 7) is 1.48. The molecule has 1 N–H and O–H groups in total. The lowest BCUT2D eigenvalue weighted by Gasteiger charge is -2.20. The lowest BCUT2D eigenvalue weighted by Crippen LogP contribution is -2.39. The second-order valence-corrected chi connectivity index (χ2v) is 5.36. The van der Waals surface area contributed by atoms with Crippen LogP contribution in [-0.2, 0) is 16.1 Å². The lowest BCUT2D eigenvalue weighted by molar-refractivity contribution is -0.123. The third-order valence-electron chi connectivity index (χ3n) is 3.25. The number of hydrogen-bond acceptors (Lipinski definition) is 2. The van der Waals surface area contributed by atoms with Crippen LogP contribution in [0.2, 0.25) is 5.02 Å². The van der Waals surface area contributed by atoms with Crippen molar-refractivity contribution in [1.29, 1.82) is 0 Å². The highest BCUT2D eigenvalue weighted by Gasteiger charge is 2.15. The maximum atomic E-state index is 13.0. The number of hydrogen-bond donors (Lipinski definition) is 1. The molecule has 0 spiro atoms. The average molecular weight is 335 g/mol. The van der Waals surface area contributed by atoms with Crippen LogP contribution >= 0.6 is 11.6 Å². The number of amides is 2. The quantitative estimate of drug-likeness (QED) is 0.913. The maximum absolute atomic E-state index is 13.0. The summed E-state index contributed by atoms with van der Waals surface area (Å²) in [6.07, 6.45) is 0. The van der Waals surface area contributed by atoms with Gasteiger partial charge in [-0.3, -0.25) is 9.59 Å². The van der Waals surface area contributed by atoms with Gasteiger partial charge in [-0.25, -0.2) is 4.39 Å². The Morgan fingerprint density at radius 3 is 2.39 bits per heavy atom. The van der Waals surface area contributed by atoms with Gasteiger partial charge in [0.15, 0.2) is 0 Å². The summed E-state index contributed by atoms with van der Waals surface area (Å²) in [5.41, 5.74) is 1.26. The Kier molecular flexibility index (Phi) is 5.71. The average Bonchev–Trinajstić information content (AvgIpc) is 2.52. The Morgan fingerprint density at radius 2 is 1.78 bits per heavy atom. The molecule has 4 nitrogen and oxygen atoms in total. The van der Waals surface area contributed by atoms with Gasteiger partial charge >= 0.3 is 0 Å². The van der Waals surface area contributed by atoms with Crippen LogP contribution in [0.3, 0.4) is 0 Å². The highest BCUT2D eigenvalue weighted by atomic mass is 35.5. The van der Waals surface area contributed by atoms with Gasteiger partial charge in [-0.15, -0.1) is 0 Å². The molecule has 2 aromatic rings. The van der Waals surface area contributed by atoms with E-state index < -0.39 is 5.82 Å². The monoisotopic (exact) mass is 334 g/mol. The summed E-state index contributed by atoms with van der Waals surface area (Å²) >= 11 is 6.02. The van der Waals surface area contributed by atoms with Crippen LogP contribution in [0.15, 0.2) is 48.5 Å². The fourth-order valence-electron chi connectivity index (χ4n) is 2.04. The van der Waals surface area contributed by atoms with Crippen molar-refractivity contribution < 1.29 is 14.0 Å². The van der Waals surface area contributed by atoms with E-state index in [1.807, 2.05) is 12.1 Å². The number of halogens is 2. The highest BCUT2D eigenvalue weighted by Crippen LogP contribution is 2.16. The van der Waals surface area contributed by atoms with Gasteiger partial charge in [0.05, 0.1) is 0 Å². The van der Waals surface area contributed by atoms with E-state index in [9.17, 15) is 14.0 Å². The predicted octanol–water partition coefficient (Wildman–Crippen LogP) is 3.15. The molecular weight excluding hydrogens is 319 g/mol. The molecule has 6 heteroatoms. The zero-order valence-electron chi connectivity index (χ0n) is 12.6. The van der Waals surface area contributed by atoms with Crippen molar-refractivity contribution in [2.45, 2.75) is 13.5 Å².